The van der Waals surface area contributed by atoms with Crippen molar-refractivity contribution in [1.29, 1.82) is 0 Å². The Morgan fingerprint density at radius 2 is 1.95 bits per heavy atom. The molecule has 2 amide bonds. The number of nitrogens with zero attached hydrogens (tertiary/aromatic N) is 2. The first-order valence-corrected chi connectivity index (χ1v) is 6.99. The van der Waals surface area contributed by atoms with Crippen LogP contribution in [0.15, 0.2) is 21.2 Å². The minimum atomic E-state index is -0.303. The summed E-state index contributed by atoms with van der Waals surface area (Å²) < 4.78 is 5.67. The molecule has 19 heavy (non-hydrogen) atoms. The predicted molar refractivity (Wildman–Crippen MR) is 75.9 cm³/mol. The van der Waals surface area contributed by atoms with Gasteiger partial charge in [0.25, 0.3) is 5.91 Å². The van der Waals surface area contributed by atoms with E-state index in [4.69, 9.17) is 4.42 Å². The first-order valence-electron chi connectivity index (χ1n) is 6.20. The van der Waals surface area contributed by atoms with Gasteiger partial charge in [-0.2, -0.15) is 0 Å². The third-order valence-electron chi connectivity index (χ3n) is 2.78. The van der Waals surface area contributed by atoms with Gasteiger partial charge in [-0.25, -0.2) is 0 Å². The van der Waals surface area contributed by atoms with Gasteiger partial charge in [-0.15, -0.1) is 0 Å². The molecule has 0 aliphatic heterocycles. The van der Waals surface area contributed by atoms with E-state index in [1.807, 2.05) is 0 Å². The second kappa shape index (κ2) is 7.33. The lowest BCUT2D eigenvalue weighted by molar-refractivity contribution is -0.130. The molecule has 0 radical (unpaired) electrons. The van der Waals surface area contributed by atoms with Crippen molar-refractivity contribution in [3.8, 4) is 0 Å². The van der Waals surface area contributed by atoms with Crippen LogP contribution in [0.4, 0.5) is 0 Å². The van der Waals surface area contributed by atoms with E-state index < -0.39 is 0 Å². The molecule has 1 heterocycles. The van der Waals surface area contributed by atoms with E-state index >= 15 is 0 Å². The first kappa shape index (κ1) is 15.8. The van der Waals surface area contributed by atoms with E-state index in [0.717, 1.165) is 12.8 Å². The zero-order valence-corrected chi connectivity index (χ0v) is 13.1. The molecular formula is C13H19BrN2O3. The maximum atomic E-state index is 12.0. The number of carbonyl (C=O) groups excluding carboxylic acids is 2. The van der Waals surface area contributed by atoms with Crippen molar-refractivity contribution >= 4 is 27.7 Å². The molecule has 1 aromatic heterocycles. The Balaban J connectivity index is 2.52. The average molecular weight is 331 g/mol. The molecule has 0 N–H and O–H groups in total. The van der Waals surface area contributed by atoms with Gasteiger partial charge < -0.3 is 14.2 Å². The number of likely N-dealkylation sites (N-methyl/N-ethyl adjacent to an activating group) is 2. The lowest BCUT2D eigenvalue weighted by Gasteiger charge is -2.21. The minimum Gasteiger partial charge on any atom is -0.444 e. The molecule has 5 nitrogen and oxygen atoms in total. The number of rotatable bonds is 6. The lowest BCUT2D eigenvalue weighted by atomic mass is 10.3. The fourth-order valence-electron chi connectivity index (χ4n) is 1.53. The van der Waals surface area contributed by atoms with Gasteiger partial charge in [0.15, 0.2) is 10.4 Å². The molecule has 0 aliphatic rings. The van der Waals surface area contributed by atoms with Gasteiger partial charge >= 0.3 is 0 Å². The van der Waals surface area contributed by atoms with Crippen molar-refractivity contribution in [2.24, 2.45) is 0 Å². The second-order valence-electron chi connectivity index (χ2n) is 4.43. The summed E-state index contributed by atoms with van der Waals surface area (Å²) in [5, 5.41) is 0. The fraction of sp³-hybridized carbons (Fsp3) is 0.538. The van der Waals surface area contributed by atoms with Crippen LogP contribution in [-0.2, 0) is 4.79 Å². The lowest BCUT2D eigenvalue weighted by Crippen LogP contribution is -2.39. The maximum Gasteiger partial charge on any atom is 0.289 e. The van der Waals surface area contributed by atoms with Crippen LogP contribution < -0.4 is 0 Å². The molecule has 1 aromatic rings. The summed E-state index contributed by atoms with van der Waals surface area (Å²) in [5.41, 5.74) is 0. The molecule has 0 fully saturated rings. The summed E-state index contributed by atoms with van der Waals surface area (Å²) in [7, 11) is 3.34. The summed E-state index contributed by atoms with van der Waals surface area (Å²) in [5.74, 6) is -0.156. The van der Waals surface area contributed by atoms with Crippen LogP contribution in [0.5, 0.6) is 0 Å². The van der Waals surface area contributed by atoms with Crippen molar-refractivity contribution in [1.82, 2.24) is 9.80 Å². The van der Waals surface area contributed by atoms with Crippen LogP contribution in [0.3, 0.4) is 0 Å². The van der Waals surface area contributed by atoms with Crippen molar-refractivity contribution in [3.05, 3.63) is 22.6 Å². The molecule has 0 bridgehead atoms. The molecule has 0 saturated carbocycles. The van der Waals surface area contributed by atoms with Gasteiger partial charge in [-0.1, -0.05) is 13.3 Å². The van der Waals surface area contributed by atoms with E-state index in [0.29, 0.717) is 11.2 Å². The molecule has 0 aromatic carbocycles. The molecule has 0 saturated heterocycles. The fourth-order valence-corrected chi connectivity index (χ4v) is 1.84. The highest BCUT2D eigenvalue weighted by atomic mass is 79.9. The summed E-state index contributed by atoms with van der Waals surface area (Å²) in [6.07, 6.45) is 2.00. The Bertz CT molecular complexity index is 445. The Morgan fingerprint density at radius 3 is 2.47 bits per heavy atom. The average Bonchev–Trinajstić information content (AvgIpc) is 2.81. The Labute approximate surface area is 121 Å². The number of amides is 2. The predicted octanol–water partition coefficient (Wildman–Crippen LogP) is 2.37. The number of carbonyl (C=O) groups is 2. The molecule has 106 valence electrons. The molecule has 0 unspecified atom stereocenters. The SMILES string of the molecule is CCCCN(C)C(=O)CN(C)C(=O)c1ccc(Br)o1. The van der Waals surface area contributed by atoms with Gasteiger partial charge in [-0.05, 0) is 34.5 Å². The zero-order chi connectivity index (χ0) is 14.4. The van der Waals surface area contributed by atoms with Crippen LogP contribution in [0.2, 0.25) is 0 Å². The van der Waals surface area contributed by atoms with Gasteiger partial charge in [0.05, 0.1) is 6.54 Å². The van der Waals surface area contributed by atoms with E-state index in [1.165, 1.54) is 4.90 Å². The Morgan fingerprint density at radius 1 is 1.26 bits per heavy atom. The number of hydrogen-bond acceptors (Lipinski definition) is 3. The second-order valence-corrected chi connectivity index (χ2v) is 5.22. The van der Waals surface area contributed by atoms with Crippen LogP contribution in [0.1, 0.15) is 30.3 Å². The smallest absolute Gasteiger partial charge is 0.289 e. The third-order valence-corrected chi connectivity index (χ3v) is 3.20. The molecule has 0 atom stereocenters. The standard InChI is InChI=1S/C13H19BrN2O3/c1-4-5-8-15(2)12(17)9-16(3)13(18)10-6-7-11(14)19-10/h6-7H,4-5,8-9H2,1-3H3. The largest absolute Gasteiger partial charge is 0.444 e. The minimum absolute atomic E-state index is 0.0529. The summed E-state index contributed by atoms with van der Waals surface area (Å²) >= 11 is 3.14. The van der Waals surface area contributed by atoms with Crippen LogP contribution in [0.25, 0.3) is 0 Å². The van der Waals surface area contributed by atoms with E-state index in [2.05, 4.69) is 22.9 Å². The molecule has 1 rings (SSSR count). The molecule has 6 heteroatoms. The van der Waals surface area contributed by atoms with Crippen LogP contribution >= 0.6 is 15.9 Å². The number of hydrogen-bond donors (Lipinski definition) is 0. The normalized spacial score (nSPS) is 10.3. The Kier molecular flexibility index (Phi) is 6.08. The highest BCUT2D eigenvalue weighted by Crippen LogP contribution is 2.15. The Hall–Kier alpha value is -1.30. The maximum absolute atomic E-state index is 12.0. The molecule has 0 aliphatic carbocycles. The quantitative estimate of drug-likeness (QED) is 0.804. The van der Waals surface area contributed by atoms with Crippen molar-refractivity contribution in [3.63, 3.8) is 0 Å². The van der Waals surface area contributed by atoms with Crippen molar-refractivity contribution < 1.29 is 14.0 Å². The highest BCUT2D eigenvalue weighted by Gasteiger charge is 2.19. The summed E-state index contributed by atoms with van der Waals surface area (Å²) in [6.45, 7) is 2.84. The van der Waals surface area contributed by atoms with Gasteiger partial charge in [0.1, 0.15) is 0 Å². The summed E-state index contributed by atoms with van der Waals surface area (Å²) in [6, 6.07) is 3.23. The van der Waals surface area contributed by atoms with Crippen molar-refractivity contribution in [2.45, 2.75) is 19.8 Å². The van der Waals surface area contributed by atoms with E-state index in [1.54, 1.807) is 31.1 Å². The third kappa shape index (κ3) is 4.70. The summed E-state index contributed by atoms with van der Waals surface area (Å²) in [4.78, 5) is 26.9. The zero-order valence-electron chi connectivity index (χ0n) is 11.5. The van der Waals surface area contributed by atoms with Gasteiger partial charge in [0, 0.05) is 20.6 Å². The highest BCUT2D eigenvalue weighted by molar-refractivity contribution is 9.10. The van der Waals surface area contributed by atoms with Crippen LogP contribution in [-0.4, -0.2) is 48.8 Å². The van der Waals surface area contributed by atoms with Gasteiger partial charge in [-0.3, -0.25) is 9.59 Å². The molecular weight excluding hydrogens is 312 g/mol. The molecule has 0 spiro atoms. The monoisotopic (exact) mass is 330 g/mol. The number of halogens is 1. The van der Waals surface area contributed by atoms with Gasteiger partial charge in [0.2, 0.25) is 5.91 Å². The topological polar surface area (TPSA) is 53.8 Å². The van der Waals surface area contributed by atoms with Crippen LogP contribution in [0, 0.1) is 0 Å². The number of unbranched alkanes of at least 4 members (excludes halogenated alkanes) is 1. The van der Waals surface area contributed by atoms with Crippen molar-refractivity contribution in [2.75, 3.05) is 27.2 Å². The van der Waals surface area contributed by atoms with E-state index in [9.17, 15) is 9.59 Å². The number of furan rings is 1. The van der Waals surface area contributed by atoms with E-state index in [-0.39, 0.29) is 24.1 Å². The first-order chi connectivity index (χ1) is 8.95.